The van der Waals surface area contributed by atoms with E-state index in [9.17, 15) is 13.2 Å². The van der Waals surface area contributed by atoms with E-state index in [1.807, 2.05) is 25.1 Å². The summed E-state index contributed by atoms with van der Waals surface area (Å²) in [5.74, 6) is 0.809. The Kier molecular flexibility index (Phi) is 4.04. The molecule has 104 valence electrons. The lowest BCUT2D eigenvalue weighted by molar-refractivity contribution is -0.135. The monoisotopic (exact) mass is 290 g/mol. The molecule has 0 saturated carbocycles. The summed E-state index contributed by atoms with van der Waals surface area (Å²) in [5, 5.41) is 0. The molecule has 2 aromatic rings. The lowest BCUT2D eigenvalue weighted by Crippen LogP contribution is -2.10. The lowest BCUT2D eigenvalue weighted by Gasteiger charge is -2.09. The van der Waals surface area contributed by atoms with Crippen LogP contribution in [0.2, 0.25) is 0 Å². The van der Waals surface area contributed by atoms with Crippen LogP contribution >= 0.6 is 11.6 Å². The van der Waals surface area contributed by atoms with Crippen LogP contribution in [0.15, 0.2) is 18.2 Å². The predicted molar refractivity (Wildman–Crippen MR) is 69.3 cm³/mol. The minimum atomic E-state index is -4.12. The number of imidazole rings is 1. The van der Waals surface area contributed by atoms with Crippen molar-refractivity contribution >= 4 is 22.6 Å². The average molecular weight is 291 g/mol. The molecule has 19 heavy (non-hydrogen) atoms. The second-order valence-corrected chi connectivity index (χ2v) is 4.79. The van der Waals surface area contributed by atoms with Crippen LogP contribution in [-0.4, -0.2) is 15.7 Å². The fourth-order valence-corrected chi connectivity index (χ4v) is 2.28. The lowest BCUT2D eigenvalue weighted by atomic mass is 10.2. The summed E-state index contributed by atoms with van der Waals surface area (Å²) in [6, 6.07) is 5.70. The highest BCUT2D eigenvalue weighted by Gasteiger charge is 2.26. The molecule has 1 aromatic heterocycles. The van der Waals surface area contributed by atoms with Gasteiger partial charge in [0.15, 0.2) is 0 Å². The normalized spacial score (nSPS) is 12.3. The molecule has 0 unspecified atom stereocenters. The summed E-state index contributed by atoms with van der Waals surface area (Å²) < 4.78 is 38.3. The minimum Gasteiger partial charge on any atom is -0.327 e. The van der Waals surface area contributed by atoms with Gasteiger partial charge in [0, 0.05) is 13.0 Å². The van der Waals surface area contributed by atoms with E-state index in [0.29, 0.717) is 5.82 Å². The van der Waals surface area contributed by atoms with Gasteiger partial charge in [-0.05, 0) is 31.0 Å². The second-order valence-electron chi connectivity index (χ2n) is 4.52. The summed E-state index contributed by atoms with van der Waals surface area (Å²) in [7, 11) is 0. The van der Waals surface area contributed by atoms with Gasteiger partial charge in [0.1, 0.15) is 5.82 Å². The molecular weight excluding hydrogens is 277 g/mol. The molecule has 1 aromatic carbocycles. The highest BCUT2D eigenvalue weighted by molar-refractivity contribution is 6.16. The molecule has 0 saturated heterocycles. The molecule has 1 heterocycles. The topological polar surface area (TPSA) is 17.8 Å². The summed E-state index contributed by atoms with van der Waals surface area (Å²) >= 11 is 5.81. The Morgan fingerprint density at radius 1 is 1.32 bits per heavy atom. The standard InChI is InChI=1S/C13H14ClF3N2/c1-9-3-4-11-10(7-9)18-12(8-14)19(11)6-2-5-13(15,16)17/h3-4,7H,2,5-6,8H2,1H3. The highest BCUT2D eigenvalue weighted by Crippen LogP contribution is 2.24. The van der Waals surface area contributed by atoms with Crippen molar-refractivity contribution in [3.8, 4) is 0 Å². The average Bonchev–Trinajstić information content (AvgIpc) is 2.65. The number of halogens is 4. The molecule has 0 spiro atoms. The summed E-state index contributed by atoms with van der Waals surface area (Å²) in [6.45, 7) is 2.23. The van der Waals surface area contributed by atoms with Gasteiger partial charge < -0.3 is 4.57 Å². The molecule has 0 fully saturated rings. The summed E-state index contributed by atoms with van der Waals surface area (Å²) in [5.41, 5.74) is 2.68. The van der Waals surface area contributed by atoms with E-state index < -0.39 is 12.6 Å². The SMILES string of the molecule is Cc1ccc2c(c1)nc(CCl)n2CCCC(F)(F)F. The van der Waals surface area contributed by atoms with Crippen molar-refractivity contribution in [1.29, 1.82) is 0 Å². The van der Waals surface area contributed by atoms with Gasteiger partial charge >= 0.3 is 6.18 Å². The van der Waals surface area contributed by atoms with Crippen LogP contribution in [-0.2, 0) is 12.4 Å². The molecule has 0 amide bonds. The van der Waals surface area contributed by atoms with E-state index >= 15 is 0 Å². The Morgan fingerprint density at radius 3 is 2.68 bits per heavy atom. The van der Waals surface area contributed by atoms with Crippen LogP contribution in [0.25, 0.3) is 11.0 Å². The Hall–Kier alpha value is -1.23. The first-order valence-corrected chi connectivity index (χ1v) is 6.52. The smallest absolute Gasteiger partial charge is 0.327 e. The molecule has 0 aliphatic carbocycles. The third-order valence-corrected chi connectivity index (χ3v) is 3.18. The van der Waals surface area contributed by atoms with Crippen LogP contribution in [0.4, 0.5) is 13.2 Å². The molecular formula is C13H14ClF3N2. The van der Waals surface area contributed by atoms with Gasteiger partial charge in [-0.15, -0.1) is 11.6 Å². The quantitative estimate of drug-likeness (QED) is 0.762. The van der Waals surface area contributed by atoms with Crippen molar-refractivity contribution in [2.24, 2.45) is 0 Å². The van der Waals surface area contributed by atoms with Gasteiger partial charge in [0.2, 0.25) is 0 Å². The van der Waals surface area contributed by atoms with E-state index in [4.69, 9.17) is 11.6 Å². The third kappa shape index (κ3) is 3.41. The zero-order valence-electron chi connectivity index (χ0n) is 10.5. The number of aromatic nitrogens is 2. The van der Waals surface area contributed by atoms with Crippen LogP contribution in [0.5, 0.6) is 0 Å². The first-order chi connectivity index (χ1) is 8.90. The van der Waals surface area contributed by atoms with Crippen LogP contribution in [0.1, 0.15) is 24.2 Å². The molecule has 0 bridgehead atoms. The Morgan fingerprint density at radius 2 is 2.05 bits per heavy atom. The molecule has 6 heteroatoms. The van der Waals surface area contributed by atoms with Gasteiger partial charge in [-0.1, -0.05) is 6.07 Å². The first-order valence-electron chi connectivity index (χ1n) is 5.99. The maximum Gasteiger partial charge on any atom is 0.389 e. The second kappa shape index (κ2) is 5.41. The molecule has 0 atom stereocenters. The molecule has 0 N–H and O–H groups in total. The number of alkyl halides is 4. The van der Waals surface area contributed by atoms with Gasteiger partial charge in [-0.2, -0.15) is 13.2 Å². The van der Waals surface area contributed by atoms with E-state index in [-0.39, 0.29) is 18.8 Å². The number of rotatable bonds is 4. The number of nitrogens with zero attached hydrogens (tertiary/aromatic N) is 2. The largest absolute Gasteiger partial charge is 0.389 e. The number of hydrogen-bond acceptors (Lipinski definition) is 1. The van der Waals surface area contributed by atoms with E-state index in [2.05, 4.69) is 4.98 Å². The number of hydrogen-bond donors (Lipinski definition) is 0. The van der Waals surface area contributed by atoms with Crippen molar-refractivity contribution in [3.63, 3.8) is 0 Å². The van der Waals surface area contributed by atoms with Gasteiger partial charge in [-0.25, -0.2) is 4.98 Å². The Balaban J connectivity index is 2.25. The van der Waals surface area contributed by atoms with Gasteiger partial charge in [0.05, 0.1) is 16.9 Å². The van der Waals surface area contributed by atoms with Gasteiger partial charge in [-0.3, -0.25) is 0 Å². The van der Waals surface area contributed by atoms with Gasteiger partial charge in [0.25, 0.3) is 0 Å². The van der Waals surface area contributed by atoms with Crippen molar-refractivity contribution in [2.45, 2.75) is 38.4 Å². The Labute approximate surface area is 114 Å². The number of aryl methyl sites for hydroxylation is 2. The molecule has 0 aliphatic rings. The van der Waals surface area contributed by atoms with Crippen molar-refractivity contribution < 1.29 is 13.2 Å². The Bertz CT molecular complexity index is 575. The van der Waals surface area contributed by atoms with Crippen molar-refractivity contribution in [1.82, 2.24) is 9.55 Å². The minimum absolute atomic E-state index is 0.0344. The van der Waals surface area contributed by atoms with Crippen LogP contribution < -0.4 is 0 Å². The van der Waals surface area contributed by atoms with E-state index in [1.165, 1.54) is 0 Å². The van der Waals surface area contributed by atoms with E-state index in [1.54, 1.807) is 4.57 Å². The fourth-order valence-electron chi connectivity index (χ4n) is 2.08. The highest BCUT2D eigenvalue weighted by atomic mass is 35.5. The molecule has 0 radical (unpaired) electrons. The third-order valence-electron chi connectivity index (χ3n) is 2.94. The van der Waals surface area contributed by atoms with Crippen LogP contribution in [0.3, 0.4) is 0 Å². The fraction of sp³-hybridized carbons (Fsp3) is 0.462. The molecule has 2 rings (SSSR count). The van der Waals surface area contributed by atoms with Crippen molar-refractivity contribution in [3.05, 3.63) is 29.6 Å². The first kappa shape index (κ1) is 14.2. The molecule has 0 aliphatic heterocycles. The number of fused-ring (bicyclic) bond motifs is 1. The zero-order chi connectivity index (χ0) is 14.0. The molecule has 2 nitrogen and oxygen atoms in total. The van der Waals surface area contributed by atoms with E-state index in [0.717, 1.165) is 16.6 Å². The number of benzene rings is 1. The van der Waals surface area contributed by atoms with Crippen LogP contribution in [0, 0.1) is 6.92 Å². The summed E-state index contributed by atoms with van der Waals surface area (Å²) in [4.78, 5) is 4.36. The zero-order valence-corrected chi connectivity index (χ0v) is 11.2. The maximum atomic E-state index is 12.2. The predicted octanol–water partition coefficient (Wildman–Crippen LogP) is 4.43. The van der Waals surface area contributed by atoms with Crippen molar-refractivity contribution in [2.75, 3.05) is 0 Å². The summed E-state index contributed by atoms with van der Waals surface area (Å²) in [6.07, 6.45) is -4.87. The maximum absolute atomic E-state index is 12.2.